The number of rotatable bonds is 5. The van der Waals surface area contributed by atoms with E-state index in [9.17, 15) is 14.4 Å². The Balaban J connectivity index is 1.78. The predicted molar refractivity (Wildman–Crippen MR) is 128 cm³/mol. The Kier molecular flexibility index (Phi) is 6.10. The topological polar surface area (TPSA) is 82.3 Å². The molecule has 0 aliphatic carbocycles. The highest BCUT2D eigenvalue weighted by Crippen LogP contribution is 2.27. The number of anilines is 1. The van der Waals surface area contributed by atoms with E-state index in [1.54, 1.807) is 42.5 Å². The summed E-state index contributed by atoms with van der Waals surface area (Å²) in [5.74, 6) is 0.0298. The van der Waals surface area contributed by atoms with E-state index in [-0.39, 0.29) is 6.54 Å². The van der Waals surface area contributed by atoms with Gasteiger partial charge in [-0.2, -0.15) is 0 Å². The Bertz CT molecular complexity index is 1470. The number of ether oxygens (including phenoxy) is 1. The van der Waals surface area contributed by atoms with Crippen LogP contribution in [0.15, 0.2) is 58.1 Å². The van der Waals surface area contributed by atoms with Gasteiger partial charge < -0.3 is 10.1 Å². The Morgan fingerprint density at radius 2 is 1.91 bits per heavy atom. The quantitative estimate of drug-likeness (QED) is 0.448. The molecule has 0 spiro atoms. The Labute approximate surface area is 196 Å². The number of benzene rings is 2. The van der Waals surface area contributed by atoms with Gasteiger partial charge in [0, 0.05) is 15.6 Å². The van der Waals surface area contributed by atoms with Gasteiger partial charge in [0.2, 0.25) is 5.91 Å². The first kappa shape index (κ1) is 22.1. The Morgan fingerprint density at radius 3 is 2.59 bits per heavy atom. The second-order valence-electron chi connectivity index (χ2n) is 6.96. The van der Waals surface area contributed by atoms with Crippen molar-refractivity contribution in [2.45, 2.75) is 13.5 Å². The minimum atomic E-state index is -0.630. The van der Waals surface area contributed by atoms with Crippen LogP contribution < -0.4 is 21.3 Å². The van der Waals surface area contributed by atoms with Crippen molar-refractivity contribution < 1.29 is 9.53 Å². The van der Waals surface area contributed by atoms with Crippen molar-refractivity contribution in [3.63, 3.8) is 0 Å². The molecule has 4 aromatic rings. The van der Waals surface area contributed by atoms with E-state index in [4.69, 9.17) is 27.9 Å². The fourth-order valence-electron chi connectivity index (χ4n) is 3.34. The summed E-state index contributed by atoms with van der Waals surface area (Å²) < 4.78 is 7.42. The molecule has 0 atom stereocenters. The maximum absolute atomic E-state index is 13.3. The predicted octanol–water partition coefficient (Wildman–Crippen LogP) is 4.48. The summed E-state index contributed by atoms with van der Waals surface area (Å²) in [5, 5.41) is 3.80. The van der Waals surface area contributed by atoms with Crippen molar-refractivity contribution in [3.8, 4) is 11.4 Å². The summed E-state index contributed by atoms with van der Waals surface area (Å²) in [6.07, 6.45) is 0. The molecule has 1 N–H and O–H groups in total. The number of hydrogen-bond donors (Lipinski definition) is 1. The van der Waals surface area contributed by atoms with Crippen LogP contribution in [-0.2, 0) is 11.3 Å². The smallest absolute Gasteiger partial charge is 0.337 e. The number of halogens is 2. The minimum absolute atomic E-state index is 0.292. The van der Waals surface area contributed by atoms with Gasteiger partial charge in [-0.3, -0.25) is 14.2 Å². The van der Waals surface area contributed by atoms with Crippen LogP contribution in [0.5, 0.6) is 5.75 Å². The first-order valence-corrected chi connectivity index (χ1v) is 11.0. The van der Waals surface area contributed by atoms with Gasteiger partial charge in [0.25, 0.3) is 5.56 Å². The van der Waals surface area contributed by atoms with Crippen LogP contribution >= 0.6 is 34.5 Å². The van der Waals surface area contributed by atoms with Crippen molar-refractivity contribution in [1.29, 1.82) is 0 Å². The van der Waals surface area contributed by atoms with Gasteiger partial charge in [0.15, 0.2) is 0 Å². The number of hydrogen-bond acceptors (Lipinski definition) is 5. The fraction of sp³-hybridized carbons (Fsp3) is 0.136. The molecule has 32 heavy (non-hydrogen) atoms. The van der Waals surface area contributed by atoms with E-state index in [0.717, 1.165) is 9.44 Å². The number of methoxy groups -OCH3 is 1. The molecule has 0 saturated carbocycles. The average Bonchev–Trinajstić information content (AvgIpc) is 3.13. The van der Waals surface area contributed by atoms with E-state index >= 15 is 0 Å². The van der Waals surface area contributed by atoms with Gasteiger partial charge in [-0.1, -0.05) is 29.3 Å². The van der Waals surface area contributed by atoms with Crippen LogP contribution in [0.3, 0.4) is 0 Å². The van der Waals surface area contributed by atoms with Gasteiger partial charge in [0.1, 0.15) is 17.1 Å². The molecule has 10 heteroatoms. The molecule has 2 aromatic carbocycles. The van der Waals surface area contributed by atoms with E-state index in [1.165, 1.54) is 29.1 Å². The number of nitrogens with one attached hydrogen (secondary N) is 1. The monoisotopic (exact) mass is 489 g/mol. The average molecular weight is 490 g/mol. The van der Waals surface area contributed by atoms with Crippen molar-refractivity contribution in [3.05, 3.63) is 84.3 Å². The van der Waals surface area contributed by atoms with Crippen molar-refractivity contribution in [1.82, 2.24) is 9.13 Å². The molecule has 1 amide bonds. The molecular formula is C22H17Cl2N3O4S. The number of aromatic nitrogens is 2. The zero-order chi connectivity index (χ0) is 23.0. The minimum Gasteiger partial charge on any atom is -0.495 e. The standard InChI is InChI=1S/C22H17Cl2N3O4S/c1-12-8-16-20(29)27(15-5-3-4-13(23)9-15)22(30)26(21(16)32-12)11-19(28)25-14-6-7-18(31-2)17(24)10-14/h3-10H,11H2,1-2H3,(H,25,28). The van der Waals surface area contributed by atoms with Gasteiger partial charge >= 0.3 is 5.69 Å². The lowest BCUT2D eigenvalue weighted by atomic mass is 10.3. The van der Waals surface area contributed by atoms with Crippen LogP contribution in [0.2, 0.25) is 10.0 Å². The second-order valence-corrected chi connectivity index (χ2v) is 9.04. The lowest BCUT2D eigenvalue weighted by Gasteiger charge is -2.13. The van der Waals surface area contributed by atoms with Crippen LogP contribution in [0.4, 0.5) is 5.69 Å². The van der Waals surface area contributed by atoms with E-state index in [1.807, 2.05) is 6.92 Å². The first-order valence-electron chi connectivity index (χ1n) is 9.44. The second kappa shape index (κ2) is 8.82. The highest BCUT2D eigenvalue weighted by Gasteiger charge is 2.19. The van der Waals surface area contributed by atoms with Gasteiger partial charge in [-0.05, 0) is 49.4 Å². The Hall–Kier alpha value is -3.07. The molecule has 0 aliphatic heterocycles. The number of nitrogens with zero attached hydrogens (tertiary/aromatic N) is 2. The molecule has 0 unspecified atom stereocenters. The number of thiophene rings is 1. The summed E-state index contributed by atoms with van der Waals surface area (Å²) in [6, 6.07) is 13.0. The van der Waals surface area contributed by atoms with Crippen LogP contribution in [0.1, 0.15) is 4.88 Å². The van der Waals surface area contributed by atoms with Gasteiger partial charge in [0.05, 0.1) is 23.2 Å². The highest BCUT2D eigenvalue weighted by molar-refractivity contribution is 7.18. The van der Waals surface area contributed by atoms with E-state index in [0.29, 0.717) is 37.4 Å². The third-order valence-electron chi connectivity index (χ3n) is 4.74. The van der Waals surface area contributed by atoms with Crippen molar-refractivity contribution in [2.75, 3.05) is 12.4 Å². The molecule has 0 fully saturated rings. The number of carbonyl (C=O) groups excluding carboxylic acids is 1. The zero-order valence-electron chi connectivity index (χ0n) is 17.0. The molecule has 7 nitrogen and oxygen atoms in total. The largest absolute Gasteiger partial charge is 0.495 e. The molecule has 4 rings (SSSR count). The van der Waals surface area contributed by atoms with Crippen LogP contribution in [0.25, 0.3) is 15.9 Å². The summed E-state index contributed by atoms with van der Waals surface area (Å²) in [7, 11) is 1.50. The molecule has 0 aliphatic rings. The summed E-state index contributed by atoms with van der Waals surface area (Å²) in [4.78, 5) is 40.5. The molecular weight excluding hydrogens is 473 g/mol. The lowest BCUT2D eigenvalue weighted by molar-refractivity contribution is -0.116. The molecule has 164 valence electrons. The normalized spacial score (nSPS) is 11.0. The number of fused-ring (bicyclic) bond motifs is 1. The maximum atomic E-state index is 13.3. The van der Waals surface area contributed by atoms with Gasteiger partial charge in [-0.15, -0.1) is 11.3 Å². The SMILES string of the molecule is COc1ccc(NC(=O)Cn2c(=O)n(-c3cccc(Cl)c3)c(=O)c3cc(C)sc32)cc1Cl. The van der Waals surface area contributed by atoms with Crippen molar-refractivity contribution in [2.24, 2.45) is 0 Å². The fourth-order valence-corrected chi connectivity index (χ4v) is 4.77. The molecule has 0 radical (unpaired) electrons. The lowest BCUT2D eigenvalue weighted by Crippen LogP contribution is -2.40. The summed E-state index contributed by atoms with van der Waals surface area (Å²) in [6.45, 7) is 1.54. The van der Waals surface area contributed by atoms with E-state index < -0.39 is 17.2 Å². The maximum Gasteiger partial charge on any atom is 0.337 e. The molecule has 0 bridgehead atoms. The third kappa shape index (κ3) is 4.17. The molecule has 2 aromatic heterocycles. The third-order valence-corrected chi connectivity index (χ3v) is 6.34. The first-order chi connectivity index (χ1) is 15.3. The number of amides is 1. The molecule has 2 heterocycles. The van der Waals surface area contributed by atoms with Crippen molar-refractivity contribution >= 4 is 56.3 Å². The van der Waals surface area contributed by atoms with Crippen LogP contribution in [-0.4, -0.2) is 22.2 Å². The number of carbonyl (C=O) groups is 1. The zero-order valence-corrected chi connectivity index (χ0v) is 19.3. The summed E-state index contributed by atoms with van der Waals surface area (Å²) >= 11 is 13.5. The highest BCUT2D eigenvalue weighted by atomic mass is 35.5. The molecule has 0 saturated heterocycles. The Morgan fingerprint density at radius 1 is 1.12 bits per heavy atom. The number of aryl methyl sites for hydroxylation is 1. The van der Waals surface area contributed by atoms with E-state index in [2.05, 4.69) is 5.32 Å². The van der Waals surface area contributed by atoms with Crippen LogP contribution in [0, 0.1) is 6.92 Å². The van der Waals surface area contributed by atoms with Gasteiger partial charge in [-0.25, -0.2) is 9.36 Å². The summed E-state index contributed by atoms with van der Waals surface area (Å²) in [5.41, 5.74) is -0.310.